The summed E-state index contributed by atoms with van der Waals surface area (Å²) in [4.78, 5) is 16.6. The maximum Gasteiger partial charge on any atom is 0.339 e. The van der Waals surface area contributed by atoms with Crippen LogP contribution in [0.5, 0.6) is 5.88 Å². The molecule has 0 bridgehead atoms. The number of esters is 1. The second-order valence-electron chi connectivity index (χ2n) is 8.34. The monoisotopic (exact) mass is 381 g/mol. The summed E-state index contributed by atoms with van der Waals surface area (Å²) in [5.74, 6) is 1.87. The minimum atomic E-state index is -0.329. The largest absolute Gasteiger partial charge is 0.477 e. The van der Waals surface area contributed by atoms with Crippen molar-refractivity contribution in [3.63, 3.8) is 0 Å². The van der Waals surface area contributed by atoms with Crippen LogP contribution in [0.3, 0.4) is 0 Å². The van der Waals surface area contributed by atoms with Crippen molar-refractivity contribution in [1.82, 2.24) is 14.8 Å². The molecule has 2 heterocycles. The predicted molar refractivity (Wildman–Crippen MR) is 104 cm³/mol. The summed E-state index contributed by atoms with van der Waals surface area (Å²) in [6, 6.07) is 5.43. The molecule has 5 rings (SSSR count). The summed E-state index contributed by atoms with van der Waals surface area (Å²) < 4.78 is 12.7. The number of ether oxygens (including phenoxy) is 2. The lowest BCUT2D eigenvalue weighted by atomic mass is 10.1. The Hall–Kier alpha value is -2.37. The van der Waals surface area contributed by atoms with Crippen LogP contribution in [0, 0.1) is 16.7 Å². The summed E-state index contributed by atoms with van der Waals surface area (Å²) in [6.45, 7) is 4.87. The van der Waals surface area contributed by atoms with E-state index in [2.05, 4.69) is 10.1 Å². The number of pyridine rings is 1. The standard InChI is InChI=1S/C22H27N3O3/c1-3-16-15(20(26)27-4-2)5-6-18(23-16)25-13-7-19(24-25)28-14-8-17-21(9-10-21)22(17)11-12-22/h5-7,13,17H,3-4,8-12,14H2,1-2H3. The van der Waals surface area contributed by atoms with Crippen molar-refractivity contribution in [2.24, 2.45) is 16.7 Å². The fourth-order valence-electron chi connectivity index (χ4n) is 5.43. The number of hydrogen-bond acceptors (Lipinski definition) is 5. The molecule has 3 saturated carbocycles. The number of carbonyl (C=O) groups excluding carboxylic acids is 1. The van der Waals surface area contributed by atoms with Gasteiger partial charge in [0.1, 0.15) is 0 Å². The van der Waals surface area contributed by atoms with Crippen molar-refractivity contribution in [3.05, 3.63) is 35.7 Å². The molecule has 0 unspecified atom stereocenters. The summed E-state index contributed by atoms with van der Waals surface area (Å²) in [6.07, 6.45) is 9.43. The van der Waals surface area contributed by atoms with Crippen molar-refractivity contribution in [1.29, 1.82) is 0 Å². The molecule has 3 aliphatic rings. The highest BCUT2D eigenvalue weighted by Gasteiger charge is 2.85. The minimum Gasteiger partial charge on any atom is -0.477 e. The Labute approximate surface area is 165 Å². The molecule has 0 aliphatic heterocycles. The SMILES string of the molecule is CCOC(=O)c1ccc(-n2ccc(OCCC3C4(CC4)C34CC4)n2)nc1CC. The van der Waals surface area contributed by atoms with E-state index in [4.69, 9.17) is 9.47 Å². The van der Waals surface area contributed by atoms with E-state index in [0.717, 1.165) is 29.8 Å². The van der Waals surface area contributed by atoms with Crippen LogP contribution in [0.25, 0.3) is 5.82 Å². The van der Waals surface area contributed by atoms with Gasteiger partial charge in [-0.15, -0.1) is 5.10 Å². The smallest absolute Gasteiger partial charge is 0.339 e. The Morgan fingerprint density at radius 2 is 1.93 bits per heavy atom. The summed E-state index contributed by atoms with van der Waals surface area (Å²) >= 11 is 0. The van der Waals surface area contributed by atoms with Crippen LogP contribution >= 0.6 is 0 Å². The second-order valence-corrected chi connectivity index (χ2v) is 8.34. The quantitative estimate of drug-likeness (QED) is 0.648. The van der Waals surface area contributed by atoms with Crippen molar-refractivity contribution < 1.29 is 14.3 Å². The molecule has 148 valence electrons. The normalized spacial score (nSPS) is 20.4. The van der Waals surface area contributed by atoms with Gasteiger partial charge >= 0.3 is 5.97 Å². The molecular weight excluding hydrogens is 354 g/mol. The van der Waals surface area contributed by atoms with Crippen molar-refractivity contribution in [3.8, 4) is 11.7 Å². The van der Waals surface area contributed by atoms with Gasteiger partial charge in [0.25, 0.3) is 0 Å². The number of aromatic nitrogens is 3. The number of rotatable bonds is 8. The molecule has 0 saturated heterocycles. The average Bonchev–Trinajstić information content (AvgIpc) is 3.66. The first-order chi connectivity index (χ1) is 13.6. The molecule has 2 aromatic rings. The number of carbonyl (C=O) groups is 1. The topological polar surface area (TPSA) is 66.2 Å². The van der Waals surface area contributed by atoms with Crippen molar-refractivity contribution in [2.45, 2.75) is 52.4 Å². The molecule has 3 aliphatic carbocycles. The van der Waals surface area contributed by atoms with E-state index in [1.54, 1.807) is 23.7 Å². The van der Waals surface area contributed by atoms with Gasteiger partial charge in [-0.3, -0.25) is 0 Å². The zero-order valence-corrected chi connectivity index (χ0v) is 16.6. The molecule has 3 fully saturated rings. The molecule has 0 amide bonds. The van der Waals surface area contributed by atoms with E-state index in [-0.39, 0.29) is 5.97 Å². The lowest BCUT2D eigenvalue weighted by Crippen LogP contribution is -2.11. The van der Waals surface area contributed by atoms with Crippen LogP contribution in [-0.2, 0) is 11.2 Å². The van der Waals surface area contributed by atoms with E-state index in [1.165, 1.54) is 25.7 Å². The number of fused-ring (bicyclic) bond motifs is 1. The van der Waals surface area contributed by atoms with Crippen LogP contribution < -0.4 is 4.74 Å². The van der Waals surface area contributed by atoms with Gasteiger partial charge in [0.15, 0.2) is 5.82 Å². The minimum absolute atomic E-state index is 0.329. The molecule has 0 N–H and O–H groups in total. The molecule has 6 nitrogen and oxygen atoms in total. The first-order valence-corrected chi connectivity index (χ1v) is 10.5. The van der Waals surface area contributed by atoms with Crippen LogP contribution in [0.4, 0.5) is 0 Å². The molecule has 2 spiro atoms. The van der Waals surface area contributed by atoms with E-state index in [0.29, 0.717) is 36.0 Å². The third-order valence-corrected chi connectivity index (χ3v) is 7.07. The van der Waals surface area contributed by atoms with Crippen LogP contribution in [-0.4, -0.2) is 33.9 Å². The van der Waals surface area contributed by atoms with Gasteiger partial charge in [0, 0.05) is 12.3 Å². The Kier molecular flexibility index (Phi) is 4.00. The maximum atomic E-state index is 12.1. The van der Waals surface area contributed by atoms with Gasteiger partial charge in [-0.1, -0.05) is 6.92 Å². The summed E-state index contributed by atoms with van der Waals surface area (Å²) in [7, 11) is 0. The number of nitrogens with zero attached hydrogens (tertiary/aromatic N) is 3. The van der Waals surface area contributed by atoms with Gasteiger partial charge in [-0.05, 0) is 74.3 Å². The van der Waals surface area contributed by atoms with Crippen LogP contribution in [0.15, 0.2) is 24.4 Å². The number of hydrogen-bond donors (Lipinski definition) is 0. The first-order valence-electron chi connectivity index (χ1n) is 10.5. The van der Waals surface area contributed by atoms with Gasteiger partial charge < -0.3 is 9.47 Å². The average molecular weight is 381 g/mol. The van der Waals surface area contributed by atoms with E-state index >= 15 is 0 Å². The second kappa shape index (κ2) is 6.33. The van der Waals surface area contributed by atoms with Crippen LogP contribution in [0.2, 0.25) is 0 Å². The third kappa shape index (κ3) is 2.65. The van der Waals surface area contributed by atoms with Crippen molar-refractivity contribution >= 4 is 5.97 Å². The highest BCUT2D eigenvalue weighted by Crippen LogP contribution is 2.93. The van der Waals surface area contributed by atoms with Crippen molar-refractivity contribution in [2.75, 3.05) is 13.2 Å². The number of aryl methyl sites for hydroxylation is 1. The van der Waals surface area contributed by atoms with E-state index in [1.807, 2.05) is 19.2 Å². The fourth-order valence-corrected chi connectivity index (χ4v) is 5.43. The van der Waals surface area contributed by atoms with Gasteiger partial charge in [-0.2, -0.15) is 0 Å². The Balaban J connectivity index is 1.22. The lowest BCUT2D eigenvalue weighted by Gasteiger charge is -2.09. The lowest BCUT2D eigenvalue weighted by molar-refractivity contribution is 0.0524. The molecule has 2 aromatic heterocycles. The van der Waals surface area contributed by atoms with Gasteiger partial charge in [-0.25, -0.2) is 14.5 Å². The molecular formula is C22H27N3O3. The summed E-state index contributed by atoms with van der Waals surface area (Å²) in [5.41, 5.74) is 2.70. The zero-order chi connectivity index (χ0) is 19.4. The predicted octanol–water partition coefficient (Wildman–Crippen LogP) is 3.97. The molecule has 0 aromatic carbocycles. The Morgan fingerprint density at radius 3 is 2.57 bits per heavy atom. The maximum absolute atomic E-state index is 12.1. The summed E-state index contributed by atoms with van der Waals surface area (Å²) in [5, 5.41) is 4.50. The first kappa shape index (κ1) is 17.7. The highest BCUT2D eigenvalue weighted by atomic mass is 16.5. The highest BCUT2D eigenvalue weighted by molar-refractivity contribution is 5.90. The fraction of sp³-hybridized carbons (Fsp3) is 0.591. The molecule has 6 heteroatoms. The van der Waals surface area contributed by atoms with Gasteiger partial charge in [0.2, 0.25) is 5.88 Å². The Bertz CT molecular complexity index is 894. The third-order valence-electron chi connectivity index (χ3n) is 7.07. The van der Waals surface area contributed by atoms with Gasteiger partial charge in [0.05, 0.1) is 24.5 Å². The molecule has 0 radical (unpaired) electrons. The van der Waals surface area contributed by atoms with Crippen LogP contribution in [0.1, 0.15) is 62.0 Å². The Morgan fingerprint density at radius 1 is 1.18 bits per heavy atom. The molecule has 0 atom stereocenters. The van der Waals surface area contributed by atoms with E-state index < -0.39 is 0 Å². The zero-order valence-electron chi connectivity index (χ0n) is 16.6. The molecule has 28 heavy (non-hydrogen) atoms. The van der Waals surface area contributed by atoms with E-state index in [9.17, 15) is 4.79 Å².